The Balaban J connectivity index is 1.50. The third-order valence-electron chi connectivity index (χ3n) is 3.58. The van der Waals surface area contributed by atoms with Gasteiger partial charge in [-0.1, -0.05) is 29.3 Å². The van der Waals surface area contributed by atoms with Gasteiger partial charge in [0.15, 0.2) is 0 Å². The van der Waals surface area contributed by atoms with Crippen molar-refractivity contribution >= 4 is 64.2 Å². The van der Waals surface area contributed by atoms with E-state index in [0.29, 0.717) is 26.9 Å². The number of nitrogens with zero attached hydrogens (tertiary/aromatic N) is 1. The normalized spacial score (nSPS) is 10.6. The van der Waals surface area contributed by atoms with Gasteiger partial charge < -0.3 is 10.1 Å². The molecule has 0 saturated carbocycles. The molecule has 0 aliphatic heterocycles. The number of anilines is 1. The van der Waals surface area contributed by atoms with Crippen LogP contribution in [0.15, 0.2) is 65.1 Å². The molecule has 0 aliphatic rings. The van der Waals surface area contributed by atoms with E-state index in [2.05, 4.69) is 15.8 Å². The summed E-state index contributed by atoms with van der Waals surface area (Å²) in [6.07, 6.45) is 1.34. The van der Waals surface area contributed by atoms with Crippen molar-refractivity contribution in [3.63, 3.8) is 0 Å². The highest BCUT2D eigenvalue weighted by Gasteiger charge is 2.13. The first kappa shape index (κ1) is 21.5. The quantitative estimate of drug-likeness (QED) is 0.194. The lowest BCUT2D eigenvalue weighted by molar-refractivity contribution is -0.136. The zero-order valence-corrected chi connectivity index (χ0v) is 17.4. The van der Waals surface area contributed by atoms with Crippen LogP contribution in [0.1, 0.15) is 15.2 Å². The van der Waals surface area contributed by atoms with Gasteiger partial charge in [-0.2, -0.15) is 5.10 Å². The predicted molar refractivity (Wildman–Crippen MR) is 117 cm³/mol. The zero-order valence-electron chi connectivity index (χ0n) is 15.1. The van der Waals surface area contributed by atoms with Crippen LogP contribution < -0.4 is 15.5 Å². The molecule has 0 fully saturated rings. The summed E-state index contributed by atoms with van der Waals surface area (Å²) in [6, 6.07) is 14.3. The van der Waals surface area contributed by atoms with Crippen LogP contribution in [-0.2, 0) is 9.59 Å². The first-order chi connectivity index (χ1) is 14.4. The third-order valence-corrected chi connectivity index (χ3v) is 5.17. The Bertz CT molecular complexity index is 1100. The molecule has 2 N–H and O–H groups in total. The summed E-state index contributed by atoms with van der Waals surface area (Å²) in [4.78, 5) is 36.1. The highest BCUT2D eigenvalue weighted by Crippen LogP contribution is 2.24. The molecule has 7 nitrogen and oxygen atoms in total. The largest absolute Gasteiger partial charge is 0.422 e. The molecule has 30 heavy (non-hydrogen) atoms. The minimum Gasteiger partial charge on any atom is -0.422 e. The minimum atomic E-state index is -0.959. The van der Waals surface area contributed by atoms with Crippen molar-refractivity contribution in [3.8, 4) is 5.75 Å². The van der Waals surface area contributed by atoms with Crippen molar-refractivity contribution in [3.05, 3.63) is 80.5 Å². The maximum absolute atomic E-state index is 11.9. The number of esters is 1. The molecule has 0 saturated heterocycles. The van der Waals surface area contributed by atoms with E-state index in [9.17, 15) is 14.4 Å². The van der Waals surface area contributed by atoms with Gasteiger partial charge in [-0.25, -0.2) is 10.2 Å². The Morgan fingerprint density at radius 1 is 0.967 bits per heavy atom. The van der Waals surface area contributed by atoms with Gasteiger partial charge in [-0.15, -0.1) is 11.3 Å². The average molecular weight is 462 g/mol. The fourth-order valence-corrected chi connectivity index (χ4v) is 3.05. The Hall–Kier alpha value is -3.20. The fourth-order valence-electron chi connectivity index (χ4n) is 2.15. The van der Waals surface area contributed by atoms with E-state index in [1.165, 1.54) is 35.8 Å². The molecule has 0 radical (unpaired) electrons. The molecule has 0 bridgehead atoms. The average Bonchev–Trinajstić information content (AvgIpc) is 3.27. The molecule has 0 aliphatic carbocycles. The van der Waals surface area contributed by atoms with Gasteiger partial charge >= 0.3 is 17.8 Å². The number of benzene rings is 2. The van der Waals surface area contributed by atoms with Gasteiger partial charge in [-0.05, 0) is 59.5 Å². The van der Waals surface area contributed by atoms with Gasteiger partial charge in [0.1, 0.15) is 10.6 Å². The number of hydrogen-bond donors (Lipinski definition) is 2. The Morgan fingerprint density at radius 3 is 2.40 bits per heavy atom. The van der Waals surface area contributed by atoms with Crippen molar-refractivity contribution in [1.29, 1.82) is 0 Å². The Morgan fingerprint density at radius 2 is 1.73 bits per heavy atom. The van der Waals surface area contributed by atoms with Crippen molar-refractivity contribution in [2.24, 2.45) is 5.10 Å². The molecule has 2 aromatic carbocycles. The molecule has 2 amide bonds. The Kier molecular flexibility index (Phi) is 7.18. The van der Waals surface area contributed by atoms with Crippen LogP contribution in [0.5, 0.6) is 5.75 Å². The van der Waals surface area contributed by atoms with Gasteiger partial charge in [0.25, 0.3) is 0 Å². The van der Waals surface area contributed by atoms with E-state index in [0.717, 1.165) is 0 Å². The molecule has 152 valence electrons. The second-order valence-corrected chi connectivity index (χ2v) is 7.48. The van der Waals surface area contributed by atoms with Crippen LogP contribution in [0.3, 0.4) is 0 Å². The van der Waals surface area contributed by atoms with Gasteiger partial charge in [-0.3, -0.25) is 9.59 Å². The molecular weight excluding hydrogens is 449 g/mol. The summed E-state index contributed by atoms with van der Waals surface area (Å²) >= 11 is 12.9. The standard InChI is InChI=1S/C20H13Cl2N3O4S/c21-15-8-5-13(10-16(15)22)24-18(26)19(27)25-23-11-12-3-6-14(7-4-12)29-20(28)17-2-1-9-30-17/h1-11H,(H,24,26)(H,25,27)/b23-11+. The molecule has 1 aromatic heterocycles. The summed E-state index contributed by atoms with van der Waals surface area (Å²) in [7, 11) is 0. The van der Waals surface area contributed by atoms with Gasteiger partial charge in [0.2, 0.25) is 0 Å². The molecule has 0 unspecified atom stereocenters. The van der Waals surface area contributed by atoms with E-state index in [-0.39, 0.29) is 5.02 Å². The predicted octanol–water partition coefficient (Wildman–Crippen LogP) is 4.36. The van der Waals surface area contributed by atoms with Crippen molar-refractivity contribution in [1.82, 2.24) is 5.43 Å². The summed E-state index contributed by atoms with van der Waals surface area (Å²) < 4.78 is 5.25. The molecule has 10 heteroatoms. The maximum atomic E-state index is 11.9. The van der Waals surface area contributed by atoms with Crippen molar-refractivity contribution in [2.75, 3.05) is 5.32 Å². The molecule has 0 atom stereocenters. The second-order valence-electron chi connectivity index (χ2n) is 5.72. The van der Waals surface area contributed by atoms with E-state index in [1.807, 2.05) is 0 Å². The second kappa shape index (κ2) is 10.0. The van der Waals surface area contributed by atoms with Crippen molar-refractivity contribution in [2.45, 2.75) is 0 Å². The monoisotopic (exact) mass is 461 g/mol. The van der Waals surface area contributed by atoms with Gasteiger partial charge in [0.05, 0.1) is 16.3 Å². The molecule has 0 spiro atoms. The van der Waals surface area contributed by atoms with Crippen LogP contribution in [0, 0.1) is 0 Å². The van der Waals surface area contributed by atoms with Crippen LogP contribution in [0.25, 0.3) is 0 Å². The number of halogens is 2. The molecular formula is C20H13Cl2N3O4S. The Labute approximate surface area is 185 Å². The number of amides is 2. The SMILES string of the molecule is O=C(N/N=C/c1ccc(OC(=O)c2cccs2)cc1)C(=O)Nc1ccc(Cl)c(Cl)c1. The number of hydrazone groups is 1. The van der Waals surface area contributed by atoms with Crippen LogP contribution in [-0.4, -0.2) is 24.0 Å². The summed E-state index contributed by atoms with van der Waals surface area (Å²) in [6.45, 7) is 0. The first-order valence-electron chi connectivity index (χ1n) is 8.37. The van der Waals surface area contributed by atoms with E-state index in [1.54, 1.807) is 41.8 Å². The third kappa shape index (κ3) is 5.90. The van der Waals surface area contributed by atoms with Crippen LogP contribution in [0.4, 0.5) is 5.69 Å². The van der Waals surface area contributed by atoms with Crippen molar-refractivity contribution < 1.29 is 19.1 Å². The zero-order chi connectivity index (χ0) is 21.5. The number of nitrogens with one attached hydrogen (secondary N) is 2. The number of hydrogen-bond acceptors (Lipinski definition) is 6. The minimum absolute atomic E-state index is 0.248. The van der Waals surface area contributed by atoms with E-state index in [4.69, 9.17) is 27.9 Å². The van der Waals surface area contributed by atoms with E-state index < -0.39 is 17.8 Å². The lowest BCUT2D eigenvalue weighted by atomic mass is 10.2. The lowest BCUT2D eigenvalue weighted by Crippen LogP contribution is -2.32. The lowest BCUT2D eigenvalue weighted by Gasteiger charge is -2.05. The highest BCUT2D eigenvalue weighted by molar-refractivity contribution is 7.12. The number of thiophene rings is 1. The molecule has 1 heterocycles. The number of rotatable bonds is 5. The maximum Gasteiger partial charge on any atom is 0.353 e. The molecule has 3 aromatic rings. The van der Waals surface area contributed by atoms with Gasteiger partial charge in [0, 0.05) is 5.69 Å². The highest BCUT2D eigenvalue weighted by atomic mass is 35.5. The van der Waals surface area contributed by atoms with Crippen LogP contribution in [0.2, 0.25) is 10.0 Å². The smallest absolute Gasteiger partial charge is 0.353 e. The van der Waals surface area contributed by atoms with E-state index >= 15 is 0 Å². The number of carbonyl (C=O) groups is 3. The summed E-state index contributed by atoms with van der Waals surface area (Å²) in [5.41, 5.74) is 3.06. The number of carbonyl (C=O) groups excluding carboxylic acids is 3. The topological polar surface area (TPSA) is 96.9 Å². The molecule has 3 rings (SSSR count). The number of ether oxygens (including phenoxy) is 1. The van der Waals surface area contributed by atoms with Crippen LogP contribution >= 0.6 is 34.5 Å². The first-order valence-corrected chi connectivity index (χ1v) is 10.0. The summed E-state index contributed by atoms with van der Waals surface area (Å²) in [5.74, 6) is -1.94. The summed E-state index contributed by atoms with van der Waals surface area (Å²) in [5, 5.41) is 8.47. The fraction of sp³-hybridized carbons (Fsp3) is 0.